The number of primary amides is 1. The van der Waals surface area contributed by atoms with Crippen LogP contribution in [0.2, 0.25) is 5.02 Å². The lowest BCUT2D eigenvalue weighted by Gasteiger charge is -2.08. The molecule has 0 aliphatic rings. The highest BCUT2D eigenvalue weighted by Crippen LogP contribution is 2.20. The van der Waals surface area contributed by atoms with Crippen LogP contribution in [0.25, 0.3) is 0 Å². The highest BCUT2D eigenvalue weighted by atomic mass is 35.5. The summed E-state index contributed by atoms with van der Waals surface area (Å²) in [5.74, 6) is -1.00. The SMILES string of the molecule is Cc1csc(=O)n1CC(=O)Nc1ccc(C(N)=O)c(Cl)c1. The van der Waals surface area contributed by atoms with Crippen LogP contribution in [0.5, 0.6) is 0 Å². The van der Waals surface area contributed by atoms with Crippen LogP contribution in [-0.4, -0.2) is 16.4 Å². The number of aromatic nitrogens is 1. The Balaban J connectivity index is 2.12. The molecule has 0 atom stereocenters. The van der Waals surface area contributed by atoms with Crippen LogP contribution in [0, 0.1) is 6.92 Å². The largest absolute Gasteiger partial charge is 0.366 e. The highest BCUT2D eigenvalue weighted by molar-refractivity contribution is 7.07. The molecule has 0 spiro atoms. The Morgan fingerprint density at radius 3 is 2.67 bits per heavy atom. The third-order valence-electron chi connectivity index (χ3n) is 2.80. The lowest BCUT2D eigenvalue weighted by Crippen LogP contribution is -2.25. The molecule has 1 aromatic carbocycles. The first-order chi connectivity index (χ1) is 9.88. The first-order valence-corrected chi connectivity index (χ1v) is 7.18. The van der Waals surface area contributed by atoms with Gasteiger partial charge in [0, 0.05) is 16.8 Å². The summed E-state index contributed by atoms with van der Waals surface area (Å²) < 4.78 is 1.37. The number of halogens is 1. The molecule has 8 heteroatoms. The first kappa shape index (κ1) is 15.3. The van der Waals surface area contributed by atoms with Crippen molar-refractivity contribution in [2.75, 3.05) is 5.32 Å². The van der Waals surface area contributed by atoms with Crippen molar-refractivity contribution in [2.24, 2.45) is 5.73 Å². The van der Waals surface area contributed by atoms with E-state index in [0.29, 0.717) is 5.69 Å². The number of amides is 2. The van der Waals surface area contributed by atoms with Crippen molar-refractivity contribution in [2.45, 2.75) is 13.5 Å². The molecule has 0 radical (unpaired) electrons. The summed E-state index contributed by atoms with van der Waals surface area (Å²) in [6, 6.07) is 4.39. The van der Waals surface area contributed by atoms with Gasteiger partial charge in [0.05, 0.1) is 10.6 Å². The normalized spacial score (nSPS) is 10.4. The second-order valence-corrected chi connectivity index (χ2v) is 5.56. The summed E-state index contributed by atoms with van der Waals surface area (Å²) in [6.07, 6.45) is 0. The Labute approximate surface area is 129 Å². The fourth-order valence-electron chi connectivity index (χ4n) is 1.73. The maximum absolute atomic E-state index is 11.9. The van der Waals surface area contributed by atoms with Crippen LogP contribution in [0.4, 0.5) is 5.69 Å². The zero-order valence-electron chi connectivity index (χ0n) is 11.1. The van der Waals surface area contributed by atoms with Crippen LogP contribution in [0.3, 0.4) is 0 Å². The number of aryl methyl sites for hydroxylation is 1. The minimum atomic E-state index is -0.640. The molecule has 0 saturated heterocycles. The quantitative estimate of drug-likeness (QED) is 0.894. The molecule has 0 fully saturated rings. The second kappa shape index (κ2) is 6.11. The van der Waals surface area contributed by atoms with Crippen molar-refractivity contribution in [3.8, 4) is 0 Å². The van der Waals surface area contributed by atoms with Gasteiger partial charge in [0.2, 0.25) is 11.8 Å². The number of carbonyl (C=O) groups excluding carboxylic acids is 2. The molecule has 0 saturated carbocycles. The van der Waals surface area contributed by atoms with Crippen LogP contribution in [0.1, 0.15) is 16.1 Å². The number of hydrogen-bond donors (Lipinski definition) is 2. The molecule has 2 aromatic rings. The average Bonchev–Trinajstić information content (AvgIpc) is 2.70. The molecule has 110 valence electrons. The van der Waals surface area contributed by atoms with Crippen molar-refractivity contribution < 1.29 is 9.59 Å². The molecule has 1 heterocycles. The van der Waals surface area contributed by atoms with Gasteiger partial charge in [0.25, 0.3) is 0 Å². The fourth-order valence-corrected chi connectivity index (χ4v) is 2.74. The van der Waals surface area contributed by atoms with E-state index in [1.54, 1.807) is 12.3 Å². The summed E-state index contributed by atoms with van der Waals surface area (Å²) in [6.45, 7) is 1.67. The van der Waals surface area contributed by atoms with Gasteiger partial charge in [-0.25, -0.2) is 0 Å². The summed E-state index contributed by atoms with van der Waals surface area (Å²) in [7, 11) is 0. The number of rotatable bonds is 4. The van der Waals surface area contributed by atoms with Gasteiger partial charge in [-0.3, -0.25) is 19.0 Å². The van der Waals surface area contributed by atoms with Crippen LogP contribution < -0.4 is 15.9 Å². The Morgan fingerprint density at radius 2 is 2.14 bits per heavy atom. The number of hydrogen-bond acceptors (Lipinski definition) is 4. The van der Waals surface area contributed by atoms with E-state index in [0.717, 1.165) is 17.0 Å². The van der Waals surface area contributed by atoms with E-state index in [2.05, 4.69) is 5.32 Å². The van der Waals surface area contributed by atoms with E-state index in [4.69, 9.17) is 17.3 Å². The molecular formula is C13H12ClN3O3S. The summed E-state index contributed by atoms with van der Waals surface area (Å²) in [5.41, 5.74) is 6.47. The minimum absolute atomic E-state index is 0.0800. The second-order valence-electron chi connectivity index (χ2n) is 4.34. The molecule has 21 heavy (non-hydrogen) atoms. The Morgan fingerprint density at radius 1 is 1.43 bits per heavy atom. The van der Waals surface area contributed by atoms with Gasteiger partial charge in [-0.1, -0.05) is 22.9 Å². The van der Waals surface area contributed by atoms with Gasteiger partial charge in [0.15, 0.2) is 0 Å². The number of anilines is 1. The highest BCUT2D eigenvalue weighted by Gasteiger charge is 2.11. The minimum Gasteiger partial charge on any atom is -0.366 e. The smallest absolute Gasteiger partial charge is 0.307 e. The van der Waals surface area contributed by atoms with E-state index in [1.807, 2.05) is 0 Å². The number of nitrogens with zero attached hydrogens (tertiary/aromatic N) is 1. The number of nitrogens with one attached hydrogen (secondary N) is 1. The molecule has 0 unspecified atom stereocenters. The standard InChI is InChI=1S/C13H12ClN3O3S/c1-7-6-21-13(20)17(7)5-11(18)16-8-2-3-9(12(15)19)10(14)4-8/h2-4,6H,5H2,1H3,(H2,15,19)(H,16,18). The molecule has 0 bridgehead atoms. The Hall–Kier alpha value is -2.12. The molecule has 0 aliphatic carbocycles. The third kappa shape index (κ3) is 3.50. The topological polar surface area (TPSA) is 94.2 Å². The van der Waals surface area contributed by atoms with E-state index in [-0.39, 0.29) is 27.9 Å². The summed E-state index contributed by atoms with van der Waals surface area (Å²) in [4.78, 5) is 34.3. The van der Waals surface area contributed by atoms with Gasteiger partial charge in [-0.15, -0.1) is 0 Å². The van der Waals surface area contributed by atoms with Gasteiger partial charge >= 0.3 is 4.87 Å². The number of carbonyl (C=O) groups is 2. The average molecular weight is 326 g/mol. The molecule has 6 nitrogen and oxygen atoms in total. The molecule has 3 N–H and O–H groups in total. The lowest BCUT2D eigenvalue weighted by atomic mass is 10.2. The monoisotopic (exact) mass is 325 g/mol. The predicted molar refractivity (Wildman–Crippen MR) is 81.9 cm³/mol. The van der Waals surface area contributed by atoms with Crippen LogP contribution >= 0.6 is 22.9 Å². The number of nitrogens with two attached hydrogens (primary N) is 1. The Bertz CT molecular complexity index is 766. The van der Waals surface area contributed by atoms with Crippen molar-refractivity contribution in [3.63, 3.8) is 0 Å². The molecule has 2 amide bonds. The van der Waals surface area contributed by atoms with Crippen molar-refractivity contribution in [1.29, 1.82) is 0 Å². The summed E-state index contributed by atoms with van der Waals surface area (Å²) >= 11 is 6.94. The van der Waals surface area contributed by atoms with Crippen molar-refractivity contribution >= 4 is 40.4 Å². The van der Waals surface area contributed by atoms with Gasteiger partial charge in [-0.2, -0.15) is 0 Å². The Kier molecular flexibility index (Phi) is 4.44. The summed E-state index contributed by atoms with van der Waals surface area (Å²) in [5, 5.41) is 4.46. The van der Waals surface area contributed by atoms with Crippen LogP contribution in [-0.2, 0) is 11.3 Å². The van der Waals surface area contributed by atoms with Crippen molar-refractivity contribution in [3.05, 3.63) is 49.5 Å². The fraction of sp³-hybridized carbons (Fsp3) is 0.154. The van der Waals surface area contributed by atoms with E-state index in [1.165, 1.54) is 22.8 Å². The number of thiazole rings is 1. The maximum atomic E-state index is 11.9. The number of benzene rings is 1. The molecule has 0 aliphatic heterocycles. The van der Waals surface area contributed by atoms with Crippen LogP contribution in [0.15, 0.2) is 28.4 Å². The third-order valence-corrected chi connectivity index (χ3v) is 3.99. The van der Waals surface area contributed by atoms with E-state index >= 15 is 0 Å². The molecular weight excluding hydrogens is 314 g/mol. The first-order valence-electron chi connectivity index (χ1n) is 5.92. The van der Waals surface area contributed by atoms with Gasteiger partial charge in [-0.05, 0) is 25.1 Å². The molecule has 1 aromatic heterocycles. The van der Waals surface area contributed by atoms with E-state index in [9.17, 15) is 14.4 Å². The van der Waals surface area contributed by atoms with Gasteiger partial charge < -0.3 is 11.1 Å². The molecule has 2 rings (SSSR count). The lowest BCUT2D eigenvalue weighted by molar-refractivity contribution is -0.116. The van der Waals surface area contributed by atoms with Gasteiger partial charge in [0.1, 0.15) is 6.54 Å². The predicted octanol–water partition coefficient (Wildman–Crippen LogP) is 1.61. The zero-order valence-corrected chi connectivity index (χ0v) is 12.6. The van der Waals surface area contributed by atoms with Crippen molar-refractivity contribution in [1.82, 2.24) is 4.57 Å². The zero-order chi connectivity index (χ0) is 15.6. The van der Waals surface area contributed by atoms with E-state index < -0.39 is 5.91 Å². The maximum Gasteiger partial charge on any atom is 0.307 e.